The summed E-state index contributed by atoms with van der Waals surface area (Å²) < 4.78 is 58.0. The first kappa shape index (κ1) is 18.4. The summed E-state index contributed by atoms with van der Waals surface area (Å²) in [6, 6.07) is 14.2. The number of epoxide rings is 1. The minimum atomic E-state index is -0.891. The third-order valence-corrected chi connectivity index (χ3v) is 4.59. The molecule has 3 aromatic rings. The highest BCUT2D eigenvalue weighted by Crippen LogP contribution is 2.35. The monoisotopic (exact) mass is 386 g/mol. The fourth-order valence-corrected chi connectivity index (χ4v) is 2.93. The Morgan fingerprint density at radius 3 is 2.36 bits per heavy atom. The first-order chi connectivity index (χ1) is 13.6. The van der Waals surface area contributed by atoms with E-state index in [2.05, 4.69) is 0 Å². The van der Waals surface area contributed by atoms with Crippen molar-refractivity contribution in [1.29, 1.82) is 0 Å². The van der Waals surface area contributed by atoms with E-state index in [0.717, 1.165) is 5.56 Å². The zero-order valence-corrected chi connectivity index (χ0v) is 15.0. The quantitative estimate of drug-likeness (QED) is 0.530. The molecule has 0 amide bonds. The third kappa shape index (κ3) is 3.68. The predicted molar refractivity (Wildman–Crippen MR) is 97.8 cm³/mol. The van der Waals surface area contributed by atoms with Gasteiger partial charge in [0.15, 0.2) is 23.2 Å². The van der Waals surface area contributed by atoms with Crippen LogP contribution < -0.4 is 9.47 Å². The Morgan fingerprint density at radius 1 is 0.964 bits per heavy atom. The Kier molecular flexibility index (Phi) is 4.96. The molecule has 0 spiro atoms. The maximum atomic E-state index is 14.4. The Bertz CT molecular complexity index is 999. The number of ether oxygens (including phenoxy) is 3. The van der Waals surface area contributed by atoms with Crippen molar-refractivity contribution in [1.82, 2.24) is 0 Å². The first-order valence-corrected chi connectivity index (χ1v) is 8.72. The first-order valence-electron chi connectivity index (χ1n) is 8.72. The van der Waals surface area contributed by atoms with Crippen LogP contribution in [0.5, 0.6) is 11.5 Å². The van der Waals surface area contributed by atoms with Gasteiger partial charge in [-0.1, -0.05) is 36.4 Å². The van der Waals surface area contributed by atoms with Crippen LogP contribution >= 0.6 is 0 Å². The highest BCUT2D eigenvalue weighted by molar-refractivity contribution is 5.65. The number of benzene rings is 3. The summed E-state index contributed by atoms with van der Waals surface area (Å²) in [7, 11) is 1.46. The molecule has 1 atom stereocenters. The highest BCUT2D eigenvalue weighted by Gasteiger charge is 2.30. The van der Waals surface area contributed by atoms with Crippen LogP contribution in [-0.4, -0.2) is 13.7 Å². The molecule has 1 unspecified atom stereocenters. The van der Waals surface area contributed by atoms with Gasteiger partial charge in [-0.05, 0) is 23.3 Å². The third-order valence-electron chi connectivity index (χ3n) is 4.59. The van der Waals surface area contributed by atoms with Crippen LogP contribution in [0.1, 0.15) is 17.2 Å². The second-order valence-electron chi connectivity index (χ2n) is 6.43. The molecule has 1 fully saturated rings. The lowest BCUT2D eigenvalue weighted by molar-refractivity contribution is 0.289. The molecule has 1 aliphatic heterocycles. The molecule has 4 rings (SSSR count). The molecule has 28 heavy (non-hydrogen) atoms. The van der Waals surface area contributed by atoms with Crippen LogP contribution in [0.4, 0.5) is 13.2 Å². The van der Waals surface area contributed by atoms with E-state index in [-0.39, 0.29) is 29.6 Å². The Hall–Kier alpha value is -2.99. The zero-order chi connectivity index (χ0) is 19.7. The minimum Gasteiger partial charge on any atom is -0.497 e. The van der Waals surface area contributed by atoms with E-state index in [4.69, 9.17) is 14.2 Å². The smallest absolute Gasteiger partial charge is 0.168 e. The van der Waals surface area contributed by atoms with Gasteiger partial charge in [0.1, 0.15) is 18.5 Å². The van der Waals surface area contributed by atoms with Gasteiger partial charge in [-0.3, -0.25) is 0 Å². The molecule has 1 aliphatic rings. The average molecular weight is 386 g/mol. The molecular weight excluding hydrogens is 369 g/mol. The van der Waals surface area contributed by atoms with Gasteiger partial charge in [-0.25, -0.2) is 13.2 Å². The van der Waals surface area contributed by atoms with Gasteiger partial charge >= 0.3 is 0 Å². The lowest BCUT2D eigenvalue weighted by Crippen LogP contribution is -1.99. The van der Waals surface area contributed by atoms with Crippen LogP contribution in [0.15, 0.2) is 54.6 Å². The van der Waals surface area contributed by atoms with Crippen LogP contribution in [0.3, 0.4) is 0 Å². The molecule has 0 aliphatic carbocycles. The summed E-state index contributed by atoms with van der Waals surface area (Å²) in [4.78, 5) is 0. The fraction of sp³-hybridized carbons (Fsp3) is 0.182. The molecule has 0 N–H and O–H groups in total. The van der Waals surface area contributed by atoms with Gasteiger partial charge in [0.25, 0.3) is 0 Å². The van der Waals surface area contributed by atoms with Crippen molar-refractivity contribution in [2.75, 3.05) is 13.7 Å². The van der Waals surface area contributed by atoms with Crippen LogP contribution in [0.25, 0.3) is 11.1 Å². The Balaban J connectivity index is 1.48. The topological polar surface area (TPSA) is 31.0 Å². The summed E-state index contributed by atoms with van der Waals surface area (Å²) in [5.74, 6) is -1.77. The van der Waals surface area contributed by atoms with Gasteiger partial charge in [-0.2, -0.15) is 0 Å². The molecule has 3 nitrogen and oxygen atoms in total. The fourth-order valence-electron chi connectivity index (χ4n) is 2.93. The van der Waals surface area contributed by atoms with Crippen LogP contribution in [0.2, 0.25) is 0 Å². The summed E-state index contributed by atoms with van der Waals surface area (Å²) in [6.07, 6.45) is -0.346. The van der Waals surface area contributed by atoms with E-state index in [9.17, 15) is 13.2 Å². The SMILES string of the molecule is COc1ccc(OCc2ccc(-c3ccc(C4CO4)c(F)c3F)cc2)c(F)c1. The maximum absolute atomic E-state index is 14.4. The van der Waals surface area contributed by atoms with Crippen molar-refractivity contribution in [2.24, 2.45) is 0 Å². The number of hydrogen-bond donors (Lipinski definition) is 0. The van der Waals surface area contributed by atoms with Crippen molar-refractivity contribution >= 4 is 0 Å². The van der Waals surface area contributed by atoms with E-state index in [0.29, 0.717) is 17.9 Å². The largest absolute Gasteiger partial charge is 0.497 e. The van der Waals surface area contributed by atoms with Crippen LogP contribution in [-0.2, 0) is 11.3 Å². The number of halogens is 3. The van der Waals surface area contributed by atoms with Gasteiger partial charge in [0.2, 0.25) is 0 Å². The number of rotatable bonds is 6. The van der Waals surface area contributed by atoms with Crippen LogP contribution in [0, 0.1) is 17.5 Å². The van der Waals surface area contributed by atoms with Crippen molar-refractivity contribution in [3.63, 3.8) is 0 Å². The van der Waals surface area contributed by atoms with E-state index in [1.807, 2.05) is 0 Å². The molecule has 144 valence electrons. The second-order valence-corrected chi connectivity index (χ2v) is 6.43. The van der Waals surface area contributed by atoms with Crippen molar-refractivity contribution in [2.45, 2.75) is 12.7 Å². The number of hydrogen-bond acceptors (Lipinski definition) is 3. The molecule has 0 bridgehead atoms. The van der Waals surface area contributed by atoms with Crippen molar-refractivity contribution in [3.05, 3.63) is 83.2 Å². The van der Waals surface area contributed by atoms with E-state index >= 15 is 0 Å². The highest BCUT2D eigenvalue weighted by atomic mass is 19.2. The summed E-state index contributed by atoms with van der Waals surface area (Å²) in [5, 5.41) is 0. The van der Waals surface area contributed by atoms with E-state index < -0.39 is 17.5 Å². The summed E-state index contributed by atoms with van der Waals surface area (Å²) in [6.45, 7) is 0.553. The van der Waals surface area contributed by atoms with Gasteiger partial charge in [0, 0.05) is 17.2 Å². The summed E-state index contributed by atoms with van der Waals surface area (Å²) in [5.41, 5.74) is 1.73. The maximum Gasteiger partial charge on any atom is 0.168 e. The molecular formula is C22H17F3O3. The zero-order valence-electron chi connectivity index (χ0n) is 15.0. The lowest BCUT2D eigenvalue weighted by Gasteiger charge is -2.10. The molecule has 0 aromatic heterocycles. The standard InChI is InChI=1S/C22H17F3O3/c1-26-15-6-9-19(18(23)10-15)27-11-13-2-4-14(5-3-13)16-7-8-17(20-12-28-20)22(25)21(16)24/h2-10,20H,11-12H2,1H3. The lowest BCUT2D eigenvalue weighted by atomic mass is 10.0. The van der Waals surface area contributed by atoms with E-state index in [1.165, 1.54) is 19.2 Å². The predicted octanol–water partition coefficient (Wildman–Crippen LogP) is 5.43. The van der Waals surface area contributed by atoms with Gasteiger partial charge in [-0.15, -0.1) is 0 Å². The Labute approximate surface area is 160 Å². The molecule has 1 heterocycles. The van der Waals surface area contributed by atoms with Gasteiger partial charge < -0.3 is 14.2 Å². The average Bonchev–Trinajstić information content (AvgIpc) is 3.55. The van der Waals surface area contributed by atoms with Crippen molar-refractivity contribution in [3.8, 4) is 22.6 Å². The molecule has 0 radical (unpaired) electrons. The molecule has 6 heteroatoms. The summed E-state index contributed by atoms with van der Waals surface area (Å²) >= 11 is 0. The second kappa shape index (κ2) is 7.56. The minimum absolute atomic E-state index is 0.107. The van der Waals surface area contributed by atoms with E-state index in [1.54, 1.807) is 42.5 Å². The Morgan fingerprint density at radius 2 is 1.71 bits per heavy atom. The van der Waals surface area contributed by atoms with Crippen molar-refractivity contribution < 1.29 is 27.4 Å². The van der Waals surface area contributed by atoms with Gasteiger partial charge in [0.05, 0.1) is 13.7 Å². The molecule has 1 saturated heterocycles. The molecule has 3 aromatic carbocycles. The molecule has 0 saturated carbocycles. The number of methoxy groups -OCH3 is 1. The normalized spacial score (nSPS) is 15.4.